The summed E-state index contributed by atoms with van der Waals surface area (Å²) >= 11 is 0. The zero-order valence-electron chi connectivity index (χ0n) is 10.3. The van der Waals surface area contributed by atoms with Crippen molar-refractivity contribution in [3.05, 3.63) is 17.6 Å². The van der Waals surface area contributed by atoms with E-state index in [0.29, 0.717) is 0 Å². The summed E-state index contributed by atoms with van der Waals surface area (Å²) in [6.45, 7) is 3.23. The van der Waals surface area contributed by atoms with Gasteiger partial charge in [0.2, 0.25) is 15.8 Å². The third kappa shape index (κ3) is 3.31. The van der Waals surface area contributed by atoms with Crippen molar-refractivity contribution in [3.63, 3.8) is 0 Å². The van der Waals surface area contributed by atoms with Gasteiger partial charge in [0, 0.05) is 19.2 Å². The quantitative estimate of drug-likeness (QED) is 0.788. The van der Waals surface area contributed by atoms with Crippen LogP contribution < -0.4 is 4.72 Å². The van der Waals surface area contributed by atoms with E-state index < -0.39 is 27.8 Å². The molecule has 0 radical (unpaired) electrons. The molecule has 1 unspecified atom stereocenters. The Hall–Kier alpha value is -1.38. The van der Waals surface area contributed by atoms with Gasteiger partial charge in [-0.05, 0) is 13.8 Å². The van der Waals surface area contributed by atoms with Crippen LogP contribution in [0.5, 0.6) is 0 Å². The lowest BCUT2D eigenvalue weighted by molar-refractivity contribution is 0.0661. The molecule has 0 bridgehead atoms. The lowest BCUT2D eigenvalue weighted by Gasteiger charge is -2.12. The van der Waals surface area contributed by atoms with Gasteiger partial charge >= 0.3 is 5.97 Å². The Morgan fingerprint density at radius 3 is 2.67 bits per heavy atom. The van der Waals surface area contributed by atoms with Gasteiger partial charge < -0.3 is 14.3 Å². The number of hydrogen-bond donors (Lipinski definition) is 2. The zero-order chi connectivity index (χ0) is 13.9. The van der Waals surface area contributed by atoms with Crippen LogP contribution >= 0.6 is 0 Å². The van der Waals surface area contributed by atoms with Crippen molar-refractivity contribution >= 4 is 16.0 Å². The minimum absolute atomic E-state index is 0.0320. The Bertz CT molecular complexity index is 533. The first-order valence-electron chi connectivity index (χ1n) is 5.13. The van der Waals surface area contributed by atoms with Crippen molar-refractivity contribution in [2.75, 3.05) is 13.7 Å². The topological polar surface area (TPSA) is 106 Å². The van der Waals surface area contributed by atoms with E-state index in [1.165, 1.54) is 14.0 Å². The second-order valence-corrected chi connectivity index (χ2v) is 5.50. The molecule has 7 nitrogen and oxygen atoms in total. The number of aromatic carboxylic acids is 1. The first kappa shape index (κ1) is 14.7. The molecule has 0 saturated heterocycles. The number of methoxy groups -OCH3 is 1. The Kier molecular flexibility index (Phi) is 4.49. The summed E-state index contributed by atoms with van der Waals surface area (Å²) in [6.07, 6.45) is 0. The van der Waals surface area contributed by atoms with E-state index >= 15 is 0 Å². The summed E-state index contributed by atoms with van der Waals surface area (Å²) in [5, 5.41) is 8.73. The van der Waals surface area contributed by atoms with E-state index in [0.717, 1.165) is 6.07 Å². The number of ether oxygens (including phenoxy) is 1. The predicted octanol–water partition coefficient (Wildman–Crippen LogP) is 0.599. The van der Waals surface area contributed by atoms with Gasteiger partial charge in [0.15, 0.2) is 0 Å². The van der Waals surface area contributed by atoms with E-state index in [-0.39, 0.29) is 17.3 Å². The summed E-state index contributed by atoms with van der Waals surface area (Å²) in [4.78, 5) is 10.5. The van der Waals surface area contributed by atoms with E-state index in [4.69, 9.17) is 14.3 Å². The SMILES string of the molecule is COCC(C)NS(=O)(=O)c1cc(C(=O)O)oc1C. The maximum Gasteiger partial charge on any atom is 0.371 e. The summed E-state index contributed by atoms with van der Waals surface area (Å²) in [7, 11) is -2.36. The van der Waals surface area contributed by atoms with E-state index in [1.54, 1.807) is 6.92 Å². The smallest absolute Gasteiger partial charge is 0.371 e. The van der Waals surface area contributed by atoms with Crippen molar-refractivity contribution in [2.45, 2.75) is 24.8 Å². The summed E-state index contributed by atoms with van der Waals surface area (Å²) in [6, 6.07) is 0.557. The van der Waals surface area contributed by atoms with Crippen LogP contribution in [0.25, 0.3) is 0 Å². The van der Waals surface area contributed by atoms with Crippen LogP contribution in [0.3, 0.4) is 0 Å². The number of furan rings is 1. The highest BCUT2D eigenvalue weighted by Crippen LogP contribution is 2.20. The highest BCUT2D eigenvalue weighted by Gasteiger charge is 2.25. The number of aryl methyl sites for hydroxylation is 1. The molecule has 0 saturated carbocycles. The molecule has 0 aromatic carbocycles. The number of hydrogen-bond acceptors (Lipinski definition) is 5. The number of carbonyl (C=O) groups is 1. The zero-order valence-corrected chi connectivity index (χ0v) is 11.1. The number of carboxylic acids is 1. The molecule has 1 heterocycles. The maximum atomic E-state index is 12.0. The largest absolute Gasteiger partial charge is 0.475 e. The summed E-state index contributed by atoms with van der Waals surface area (Å²) in [5.41, 5.74) is 0. The van der Waals surface area contributed by atoms with Gasteiger partial charge in [-0.3, -0.25) is 0 Å². The highest BCUT2D eigenvalue weighted by atomic mass is 32.2. The van der Waals surface area contributed by atoms with Crippen molar-refractivity contribution in [1.82, 2.24) is 4.72 Å². The molecule has 0 aliphatic heterocycles. The maximum absolute atomic E-state index is 12.0. The van der Waals surface area contributed by atoms with Gasteiger partial charge in [0.1, 0.15) is 10.7 Å². The molecule has 0 aliphatic carbocycles. The van der Waals surface area contributed by atoms with Gasteiger partial charge in [-0.15, -0.1) is 0 Å². The second kappa shape index (κ2) is 5.51. The highest BCUT2D eigenvalue weighted by molar-refractivity contribution is 7.89. The van der Waals surface area contributed by atoms with Crippen LogP contribution in [0.2, 0.25) is 0 Å². The molecule has 0 aliphatic rings. The van der Waals surface area contributed by atoms with E-state index in [1.807, 2.05) is 0 Å². The number of carboxylic acid groups (broad SMARTS) is 1. The van der Waals surface area contributed by atoms with Crippen LogP contribution in [0, 0.1) is 6.92 Å². The minimum atomic E-state index is -3.81. The molecule has 18 heavy (non-hydrogen) atoms. The first-order chi connectivity index (χ1) is 8.27. The first-order valence-corrected chi connectivity index (χ1v) is 6.61. The predicted molar refractivity (Wildman–Crippen MR) is 62.1 cm³/mol. The fourth-order valence-electron chi connectivity index (χ4n) is 1.45. The molecule has 0 fully saturated rings. The Balaban J connectivity index is 3.01. The van der Waals surface area contributed by atoms with E-state index in [9.17, 15) is 13.2 Å². The molecule has 0 amide bonds. The lowest BCUT2D eigenvalue weighted by atomic mass is 10.4. The third-order valence-corrected chi connectivity index (χ3v) is 3.84. The number of rotatable bonds is 6. The van der Waals surface area contributed by atoms with Gasteiger partial charge in [0.25, 0.3) is 0 Å². The minimum Gasteiger partial charge on any atom is -0.475 e. The van der Waals surface area contributed by atoms with Gasteiger partial charge in [0.05, 0.1) is 6.61 Å². The fraction of sp³-hybridized carbons (Fsp3) is 0.500. The van der Waals surface area contributed by atoms with Crippen molar-refractivity contribution in [2.24, 2.45) is 0 Å². The number of nitrogens with one attached hydrogen (secondary N) is 1. The molecule has 2 N–H and O–H groups in total. The van der Waals surface area contributed by atoms with Gasteiger partial charge in [-0.2, -0.15) is 0 Å². The summed E-state index contributed by atoms with van der Waals surface area (Å²) in [5.74, 6) is -1.69. The Morgan fingerprint density at radius 1 is 1.61 bits per heavy atom. The molecule has 1 aromatic heterocycles. The molecule has 8 heteroatoms. The van der Waals surface area contributed by atoms with Gasteiger partial charge in [-0.25, -0.2) is 17.9 Å². The second-order valence-electron chi connectivity index (χ2n) is 3.81. The van der Waals surface area contributed by atoms with Crippen molar-refractivity contribution in [3.8, 4) is 0 Å². The average molecular weight is 277 g/mol. The van der Waals surface area contributed by atoms with Crippen LogP contribution in [-0.4, -0.2) is 39.3 Å². The molecule has 1 atom stereocenters. The summed E-state index contributed by atoms with van der Waals surface area (Å²) < 4.78 is 35.9. The fourth-order valence-corrected chi connectivity index (χ4v) is 2.86. The lowest BCUT2D eigenvalue weighted by Crippen LogP contribution is -2.35. The van der Waals surface area contributed by atoms with Crippen LogP contribution in [0.1, 0.15) is 23.2 Å². The normalized spacial score (nSPS) is 13.5. The molecule has 1 aromatic rings. The molecule has 102 valence electrons. The van der Waals surface area contributed by atoms with E-state index in [2.05, 4.69) is 4.72 Å². The number of sulfonamides is 1. The molecular formula is C10H15NO6S. The van der Waals surface area contributed by atoms with Crippen molar-refractivity contribution < 1.29 is 27.5 Å². The van der Waals surface area contributed by atoms with Gasteiger partial charge in [-0.1, -0.05) is 0 Å². The molecular weight excluding hydrogens is 262 g/mol. The average Bonchev–Trinajstić information content (AvgIpc) is 2.60. The molecule has 0 spiro atoms. The Morgan fingerprint density at radius 2 is 2.22 bits per heavy atom. The third-order valence-electron chi connectivity index (χ3n) is 2.15. The van der Waals surface area contributed by atoms with Crippen LogP contribution in [0.4, 0.5) is 0 Å². The van der Waals surface area contributed by atoms with Crippen LogP contribution in [0.15, 0.2) is 15.4 Å². The molecule has 1 rings (SSSR count). The van der Waals surface area contributed by atoms with Crippen molar-refractivity contribution in [1.29, 1.82) is 0 Å². The van der Waals surface area contributed by atoms with Crippen LogP contribution in [-0.2, 0) is 14.8 Å². The monoisotopic (exact) mass is 277 g/mol. The standard InChI is InChI=1S/C10H15NO6S/c1-6(5-16-3)11-18(14,15)9-4-8(10(12)13)17-7(9)2/h4,6,11H,5H2,1-3H3,(H,12,13). The Labute approximate surface area is 105 Å².